The molecule has 3 atom stereocenters. The van der Waals surface area contributed by atoms with Crippen molar-refractivity contribution in [1.29, 1.82) is 0 Å². The number of aliphatic hydroxyl groups is 1. The molecule has 1 heterocycles. The minimum atomic E-state index is -0.498. The third-order valence-corrected chi connectivity index (χ3v) is 8.28. The summed E-state index contributed by atoms with van der Waals surface area (Å²) in [5.41, 5.74) is 5.09. The second-order valence-electron chi connectivity index (χ2n) is 12.1. The summed E-state index contributed by atoms with van der Waals surface area (Å²) in [5.74, 6) is 0.0210. The summed E-state index contributed by atoms with van der Waals surface area (Å²) in [6.45, 7) is 5.51. The van der Waals surface area contributed by atoms with Crippen LogP contribution < -0.4 is 15.4 Å². The summed E-state index contributed by atoms with van der Waals surface area (Å²) in [4.78, 5) is 30.1. The van der Waals surface area contributed by atoms with Gasteiger partial charge in [0.05, 0.1) is 19.1 Å². The quantitative estimate of drug-likeness (QED) is 0.200. The van der Waals surface area contributed by atoms with E-state index in [0.29, 0.717) is 35.8 Å². The first-order valence-corrected chi connectivity index (χ1v) is 15.5. The number of urea groups is 1. The summed E-state index contributed by atoms with van der Waals surface area (Å²) in [6.07, 6.45) is -0.204. The van der Waals surface area contributed by atoms with Gasteiger partial charge >= 0.3 is 6.03 Å². The Kier molecular flexibility index (Phi) is 10.7. The lowest BCUT2D eigenvalue weighted by atomic mass is 10.0. The predicted octanol–water partition coefficient (Wildman–Crippen LogP) is 6.42. The number of fused-ring (bicyclic) bond motifs is 1. The van der Waals surface area contributed by atoms with Crippen molar-refractivity contribution >= 4 is 23.3 Å². The van der Waals surface area contributed by atoms with Crippen molar-refractivity contribution in [2.75, 3.05) is 37.4 Å². The van der Waals surface area contributed by atoms with Crippen molar-refractivity contribution in [3.63, 3.8) is 0 Å². The van der Waals surface area contributed by atoms with Crippen LogP contribution in [0.4, 0.5) is 20.6 Å². The Labute approximate surface area is 269 Å². The number of rotatable bonds is 9. The summed E-state index contributed by atoms with van der Waals surface area (Å²) < 4.78 is 19.9. The number of aliphatic hydroxyl groups excluding tert-OH is 1. The molecule has 0 radical (unpaired) electrons. The van der Waals surface area contributed by atoms with Gasteiger partial charge in [-0.05, 0) is 73.1 Å². The van der Waals surface area contributed by atoms with Crippen LogP contribution in [-0.4, -0.2) is 65.7 Å². The lowest BCUT2D eigenvalue weighted by molar-refractivity contribution is -0.134. The molecule has 1 aliphatic heterocycles. The van der Waals surface area contributed by atoms with Crippen molar-refractivity contribution in [3.05, 3.63) is 114 Å². The van der Waals surface area contributed by atoms with E-state index in [1.165, 1.54) is 41.0 Å². The van der Waals surface area contributed by atoms with Gasteiger partial charge in [0.25, 0.3) is 0 Å². The van der Waals surface area contributed by atoms with Crippen LogP contribution in [0, 0.1) is 11.7 Å². The fourth-order valence-electron chi connectivity index (χ4n) is 5.67. The highest BCUT2D eigenvalue weighted by atomic mass is 19.1. The number of carbonyl (C=O) groups excluding carboxylic acids is 2. The highest BCUT2D eigenvalue weighted by molar-refractivity contribution is 6.00. The third-order valence-electron chi connectivity index (χ3n) is 8.28. The minimum Gasteiger partial charge on any atom is -0.488 e. The number of anilines is 2. The van der Waals surface area contributed by atoms with Crippen LogP contribution in [0.15, 0.2) is 97.1 Å². The number of hydrogen-bond donors (Lipinski definition) is 3. The second-order valence-corrected chi connectivity index (χ2v) is 12.1. The van der Waals surface area contributed by atoms with Gasteiger partial charge in [0, 0.05) is 42.5 Å². The molecule has 4 aromatic carbocycles. The molecule has 0 aliphatic carbocycles. The second kappa shape index (κ2) is 15.0. The Morgan fingerprint density at radius 3 is 2.33 bits per heavy atom. The topological polar surface area (TPSA) is 94.1 Å². The zero-order chi connectivity index (χ0) is 32.6. The smallest absolute Gasteiger partial charge is 0.323 e. The number of benzene rings is 4. The number of ether oxygens (including phenoxy) is 1. The van der Waals surface area contributed by atoms with Crippen molar-refractivity contribution in [2.24, 2.45) is 5.92 Å². The van der Waals surface area contributed by atoms with Gasteiger partial charge in [0.1, 0.15) is 17.7 Å². The Morgan fingerprint density at radius 2 is 1.63 bits per heavy atom. The van der Waals surface area contributed by atoms with Crippen LogP contribution in [0.25, 0.3) is 11.1 Å². The molecule has 0 aromatic heterocycles. The van der Waals surface area contributed by atoms with Crippen LogP contribution in [0.1, 0.15) is 25.0 Å². The highest BCUT2D eigenvalue weighted by Crippen LogP contribution is 2.30. The highest BCUT2D eigenvalue weighted by Gasteiger charge is 2.31. The number of likely N-dealkylation sites (N-methyl/N-ethyl adjacent to an activating group) is 1. The lowest BCUT2D eigenvalue weighted by Crippen LogP contribution is -2.47. The van der Waals surface area contributed by atoms with Crippen molar-refractivity contribution in [2.45, 2.75) is 39.0 Å². The molecule has 3 N–H and O–H groups in total. The molecule has 240 valence electrons. The molecule has 0 bridgehead atoms. The monoisotopic (exact) mass is 624 g/mol. The number of nitrogens with one attached hydrogen (secondary N) is 2. The van der Waals surface area contributed by atoms with E-state index < -0.39 is 11.8 Å². The molecule has 0 saturated heterocycles. The molecule has 9 heteroatoms. The van der Waals surface area contributed by atoms with E-state index in [1.54, 1.807) is 23.1 Å². The molecule has 0 fully saturated rings. The molecular formula is C37H41FN4O4. The third kappa shape index (κ3) is 8.50. The van der Waals surface area contributed by atoms with Gasteiger partial charge < -0.3 is 25.4 Å². The fraction of sp³-hybridized carbons (Fsp3) is 0.297. The van der Waals surface area contributed by atoms with Gasteiger partial charge in [-0.25, -0.2) is 9.18 Å². The first-order valence-electron chi connectivity index (χ1n) is 15.5. The lowest BCUT2D eigenvalue weighted by Gasteiger charge is -2.34. The van der Waals surface area contributed by atoms with E-state index in [9.17, 15) is 19.1 Å². The van der Waals surface area contributed by atoms with Gasteiger partial charge in [-0.2, -0.15) is 0 Å². The standard InChI is InChI=1S/C37H41FN4O4/c1-25-21-42(26(2)24-43)36(44)20-30-19-33(40-37(45)39-32-15-13-31(38)14-16-32)17-18-34(30)46-35(25)23-41(3)22-27-9-11-29(12-10-27)28-7-5-4-6-8-28/h4-19,25-26,35,43H,20-24H2,1-3H3,(H2,39,40,45)/t25-,26+,35-/m1/s1. The Morgan fingerprint density at radius 1 is 0.978 bits per heavy atom. The molecule has 0 spiro atoms. The predicted molar refractivity (Wildman–Crippen MR) is 179 cm³/mol. The molecule has 8 nitrogen and oxygen atoms in total. The van der Waals surface area contributed by atoms with Crippen LogP contribution in [0.5, 0.6) is 5.75 Å². The number of carbonyl (C=O) groups is 2. The van der Waals surface area contributed by atoms with Crippen LogP contribution in [0.3, 0.4) is 0 Å². The maximum Gasteiger partial charge on any atom is 0.323 e. The first-order chi connectivity index (χ1) is 22.2. The van der Waals surface area contributed by atoms with Crippen LogP contribution >= 0.6 is 0 Å². The van der Waals surface area contributed by atoms with E-state index in [1.807, 2.05) is 25.1 Å². The van der Waals surface area contributed by atoms with Crippen molar-refractivity contribution in [3.8, 4) is 16.9 Å². The molecule has 46 heavy (non-hydrogen) atoms. The Hall–Kier alpha value is -4.73. The average Bonchev–Trinajstić information content (AvgIpc) is 3.09. The van der Waals surface area contributed by atoms with Crippen molar-refractivity contribution in [1.82, 2.24) is 9.80 Å². The van der Waals surface area contributed by atoms with Crippen molar-refractivity contribution < 1.29 is 23.8 Å². The maximum atomic E-state index is 13.5. The Balaban J connectivity index is 1.32. The SMILES string of the molecule is C[C@@H]1CN([C@@H](C)CO)C(=O)Cc2cc(NC(=O)Nc3ccc(F)cc3)ccc2O[C@@H]1CN(C)Cc1ccc(-c2ccccc2)cc1. The van der Waals surface area contributed by atoms with E-state index in [4.69, 9.17) is 4.74 Å². The van der Waals surface area contributed by atoms with Gasteiger partial charge in [0.15, 0.2) is 0 Å². The molecular weight excluding hydrogens is 583 g/mol. The Bertz CT molecular complexity index is 1620. The van der Waals surface area contributed by atoms with E-state index in [-0.39, 0.29) is 37.0 Å². The average molecular weight is 625 g/mol. The molecule has 0 saturated carbocycles. The van der Waals surface area contributed by atoms with Gasteiger partial charge in [-0.1, -0.05) is 61.5 Å². The number of nitrogens with zero attached hydrogens (tertiary/aromatic N) is 2. The summed E-state index contributed by atoms with van der Waals surface area (Å²) in [5, 5.41) is 15.4. The van der Waals surface area contributed by atoms with Crippen LogP contribution in [0.2, 0.25) is 0 Å². The maximum absolute atomic E-state index is 13.5. The van der Waals surface area contributed by atoms with E-state index >= 15 is 0 Å². The fourth-order valence-corrected chi connectivity index (χ4v) is 5.67. The largest absolute Gasteiger partial charge is 0.488 e. The zero-order valence-corrected chi connectivity index (χ0v) is 26.4. The molecule has 4 aromatic rings. The van der Waals surface area contributed by atoms with Gasteiger partial charge in [0.2, 0.25) is 5.91 Å². The number of hydrogen-bond acceptors (Lipinski definition) is 5. The number of halogens is 1. The molecule has 5 rings (SSSR count). The summed E-state index contributed by atoms with van der Waals surface area (Å²) in [7, 11) is 2.06. The minimum absolute atomic E-state index is 0.0360. The normalized spacial score (nSPS) is 17.3. The molecule has 1 aliphatic rings. The molecule has 3 amide bonds. The van der Waals surface area contributed by atoms with Gasteiger partial charge in [-0.15, -0.1) is 0 Å². The summed E-state index contributed by atoms with van der Waals surface area (Å²) >= 11 is 0. The summed E-state index contributed by atoms with van der Waals surface area (Å²) in [6, 6.07) is 28.7. The zero-order valence-electron chi connectivity index (χ0n) is 26.4. The van der Waals surface area contributed by atoms with E-state index in [0.717, 1.165) is 6.54 Å². The van der Waals surface area contributed by atoms with E-state index in [2.05, 4.69) is 65.9 Å². The number of amides is 3. The van der Waals surface area contributed by atoms with Gasteiger partial charge in [-0.3, -0.25) is 9.69 Å². The molecule has 0 unspecified atom stereocenters. The first kappa shape index (κ1) is 32.7. The van der Waals surface area contributed by atoms with Crippen LogP contribution in [-0.2, 0) is 17.8 Å².